The fourth-order valence-corrected chi connectivity index (χ4v) is 4.28. The van der Waals surface area contributed by atoms with Gasteiger partial charge < -0.3 is 14.8 Å². The molecular weight excluding hydrogens is 402 g/mol. The number of likely N-dealkylation sites (tertiary alicyclic amines) is 1. The van der Waals surface area contributed by atoms with Crippen molar-refractivity contribution in [3.63, 3.8) is 0 Å². The average Bonchev–Trinajstić information content (AvgIpc) is 3.57. The lowest BCUT2D eigenvalue weighted by molar-refractivity contribution is 0.0767. The predicted molar refractivity (Wildman–Crippen MR) is 124 cm³/mol. The molecule has 1 aliphatic heterocycles. The van der Waals surface area contributed by atoms with Gasteiger partial charge in [-0.25, -0.2) is 0 Å². The highest BCUT2D eigenvalue weighted by Gasteiger charge is 2.47. The Morgan fingerprint density at radius 2 is 2.16 bits per heavy atom. The van der Waals surface area contributed by atoms with E-state index in [2.05, 4.69) is 10.3 Å². The summed E-state index contributed by atoms with van der Waals surface area (Å²) in [5.74, 6) is 1.09. The summed E-state index contributed by atoms with van der Waals surface area (Å²) in [7, 11) is 1.63. The van der Waals surface area contributed by atoms with Crippen LogP contribution in [0.15, 0.2) is 48.7 Å². The van der Waals surface area contributed by atoms with Crippen molar-refractivity contribution in [1.29, 1.82) is 0 Å². The molecule has 5 rings (SSSR count). The van der Waals surface area contributed by atoms with E-state index in [1.54, 1.807) is 19.4 Å². The minimum Gasteiger partial charge on any atom is -0.497 e. The molecule has 1 unspecified atom stereocenters. The first kappa shape index (κ1) is 17.4. The largest absolute Gasteiger partial charge is 0.497 e. The molecule has 1 aliphatic carbocycles. The highest BCUT2D eigenvalue weighted by Crippen LogP contribution is 2.49. The Labute approximate surface area is 192 Å². The molecule has 166 valence electrons. The number of ether oxygens (including phenoxy) is 2. The van der Waals surface area contributed by atoms with Gasteiger partial charge in [0.05, 0.1) is 18.2 Å². The highest BCUT2D eigenvalue weighted by molar-refractivity contribution is 5.97. The maximum atomic E-state index is 13.4. The Hall–Kier alpha value is -3.12. The van der Waals surface area contributed by atoms with Gasteiger partial charge in [-0.3, -0.25) is 14.7 Å². The SMILES string of the molecule is [2H]C([2H])([2H])N1CCC1COc1ccc(C)c(C(=O)NC2(c3cc(OC)cc4ncccc34)CC2)c1. The molecular formula is C26H29N3O3. The molecule has 1 saturated carbocycles. The third-order valence-electron chi connectivity index (χ3n) is 6.59. The number of rotatable bonds is 7. The summed E-state index contributed by atoms with van der Waals surface area (Å²) in [6.45, 7) is 0.603. The number of amides is 1. The summed E-state index contributed by atoms with van der Waals surface area (Å²) in [6, 6.07) is 13.1. The van der Waals surface area contributed by atoms with Gasteiger partial charge in [0, 0.05) is 33.4 Å². The van der Waals surface area contributed by atoms with E-state index < -0.39 is 12.5 Å². The minimum absolute atomic E-state index is 0.147. The zero-order valence-electron chi connectivity index (χ0n) is 21.4. The number of nitrogens with zero attached hydrogens (tertiary/aromatic N) is 2. The van der Waals surface area contributed by atoms with Crippen molar-refractivity contribution in [2.24, 2.45) is 0 Å². The van der Waals surface area contributed by atoms with Crippen LogP contribution in [0.5, 0.6) is 11.5 Å². The van der Waals surface area contributed by atoms with Gasteiger partial charge in [0.2, 0.25) is 0 Å². The van der Waals surface area contributed by atoms with Gasteiger partial charge in [0.25, 0.3) is 5.91 Å². The molecule has 1 aromatic heterocycles. The van der Waals surface area contributed by atoms with Crippen LogP contribution in [0.2, 0.25) is 0 Å². The van der Waals surface area contributed by atoms with Crippen LogP contribution in [0.25, 0.3) is 10.9 Å². The zero-order chi connectivity index (χ0) is 24.8. The summed E-state index contributed by atoms with van der Waals surface area (Å²) in [4.78, 5) is 19.4. The molecule has 2 fully saturated rings. The minimum atomic E-state index is -2.11. The Balaban J connectivity index is 1.35. The van der Waals surface area contributed by atoms with Crippen LogP contribution in [0.3, 0.4) is 0 Å². The summed E-state index contributed by atoms with van der Waals surface area (Å²) < 4.78 is 34.2. The number of fused-ring (bicyclic) bond motifs is 1. The number of pyridine rings is 1. The third kappa shape index (κ3) is 3.79. The van der Waals surface area contributed by atoms with Crippen LogP contribution < -0.4 is 14.8 Å². The molecule has 1 saturated heterocycles. The number of hydrogen-bond donors (Lipinski definition) is 1. The summed E-state index contributed by atoms with van der Waals surface area (Å²) in [5.41, 5.74) is 2.75. The van der Waals surface area contributed by atoms with Gasteiger partial charge in [0.15, 0.2) is 0 Å². The number of hydrogen-bond acceptors (Lipinski definition) is 5. The lowest BCUT2D eigenvalue weighted by Gasteiger charge is -2.37. The van der Waals surface area contributed by atoms with Crippen molar-refractivity contribution >= 4 is 16.8 Å². The second kappa shape index (κ2) is 8.10. The Morgan fingerprint density at radius 1 is 1.28 bits per heavy atom. The van der Waals surface area contributed by atoms with Gasteiger partial charge >= 0.3 is 0 Å². The van der Waals surface area contributed by atoms with Gasteiger partial charge in [-0.2, -0.15) is 0 Å². The molecule has 0 bridgehead atoms. The normalized spacial score (nSPS) is 21.1. The van der Waals surface area contributed by atoms with Gasteiger partial charge in [0.1, 0.15) is 18.1 Å². The van der Waals surface area contributed by atoms with E-state index in [1.807, 2.05) is 43.3 Å². The number of carbonyl (C=O) groups is 1. The van der Waals surface area contributed by atoms with E-state index in [9.17, 15) is 4.79 Å². The number of methoxy groups -OCH3 is 1. The number of nitrogens with one attached hydrogen (secondary N) is 1. The molecule has 2 aromatic carbocycles. The van der Waals surface area contributed by atoms with E-state index in [0.717, 1.165) is 41.3 Å². The molecule has 3 aromatic rings. The van der Waals surface area contributed by atoms with Crippen LogP contribution in [0.1, 0.15) is 44.9 Å². The van der Waals surface area contributed by atoms with E-state index in [1.165, 1.54) is 4.90 Å². The molecule has 0 radical (unpaired) electrons. The summed E-state index contributed by atoms with van der Waals surface area (Å²) >= 11 is 0. The number of likely N-dealkylation sites (N-methyl/N-ethyl adjacent to an activating group) is 1. The quantitative estimate of drug-likeness (QED) is 0.608. The number of aryl methyl sites for hydroxylation is 1. The van der Waals surface area contributed by atoms with Crippen LogP contribution in [0, 0.1) is 6.92 Å². The van der Waals surface area contributed by atoms with Crippen molar-refractivity contribution < 1.29 is 18.4 Å². The van der Waals surface area contributed by atoms with Gasteiger partial charge in [-0.1, -0.05) is 12.1 Å². The third-order valence-corrected chi connectivity index (χ3v) is 6.59. The Morgan fingerprint density at radius 3 is 2.88 bits per heavy atom. The lowest BCUT2D eigenvalue weighted by Crippen LogP contribution is -2.48. The Bertz CT molecular complexity index is 1270. The van der Waals surface area contributed by atoms with E-state index in [0.29, 0.717) is 23.6 Å². The molecule has 1 atom stereocenters. The maximum absolute atomic E-state index is 13.4. The smallest absolute Gasteiger partial charge is 0.252 e. The first-order valence-electron chi connectivity index (χ1n) is 12.5. The van der Waals surface area contributed by atoms with Crippen molar-refractivity contribution in [3.05, 3.63) is 65.4 Å². The lowest BCUT2D eigenvalue weighted by atomic mass is 9.97. The second-order valence-corrected chi connectivity index (χ2v) is 8.70. The molecule has 6 nitrogen and oxygen atoms in total. The number of aromatic nitrogens is 1. The Kier molecular flexibility index (Phi) is 4.41. The standard InChI is InChI=1S/C26H29N3O3/c1-17-6-7-19(32-16-18-8-12-29(18)2)13-22(17)25(30)28-26(9-10-26)23-14-20(31-3)15-24-21(23)5-4-11-27-24/h4-7,11,13-15,18H,8-10,12,16H2,1-3H3,(H,28,30)/i2D3. The van der Waals surface area contributed by atoms with E-state index in [-0.39, 0.29) is 18.6 Å². The molecule has 32 heavy (non-hydrogen) atoms. The molecule has 0 spiro atoms. The van der Waals surface area contributed by atoms with Gasteiger partial charge in [-0.05, 0) is 75.1 Å². The molecule has 1 amide bonds. The van der Waals surface area contributed by atoms with Crippen molar-refractivity contribution in [2.75, 3.05) is 27.2 Å². The second-order valence-electron chi connectivity index (χ2n) is 8.70. The predicted octanol–water partition coefficient (Wildman–Crippen LogP) is 4.05. The summed E-state index contributed by atoms with van der Waals surface area (Å²) in [5, 5.41) is 4.26. The first-order valence-corrected chi connectivity index (χ1v) is 11.0. The molecule has 1 N–H and O–H groups in total. The maximum Gasteiger partial charge on any atom is 0.252 e. The van der Waals surface area contributed by atoms with Crippen LogP contribution in [-0.2, 0) is 5.54 Å². The average molecular weight is 435 g/mol. The number of benzene rings is 2. The van der Waals surface area contributed by atoms with Crippen molar-refractivity contribution in [2.45, 2.75) is 37.8 Å². The summed E-state index contributed by atoms with van der Waals surface area (Å²) in [6.07, 6.45) is 4.19. The zero-order valence-corrected chi connectivity index (χ0v) is 18.4. The van der Waals surface area contributed by atoms with Crippen LogP contribution in [-0.4, -0.2) is 49.1 Å². The highest BCUT2D eigenvalue weighted by atomic mass is 16.5. The first-order chi connectivity index (χ1) is 16.7. The fraction of sp³-hybridized carbons (Fsp3) is 0.385. The van der Waals surface area contributed by atoms with Crippen LogP contribution in [0.4, 0.5) is 0 Å². The molecule has 6 heteroatoms. The van der Waals surface area contributed by atoms with Crippen molar-refractivity contribution in [1.82, 2.24) is 15.2 Å². The molecule has 2 aliphatic rings. The number of carbonyl (C=O) groups excluding carboxylic acids is 1. The van der Waals surface area contributed by atoms with E-state index in [4.69, 9.17) is 13.6 Å². The van der Waals surface area contributed by atoms with Crippen molar-refractivity contribution in [3.8, 4) is 11.5 Å². The fourth-order valence-electron chi connectivity index (χ4n) is 4.28. The molecule has 2 heterocycles. The van der Waals surface area contributed by atoms with E-state index >= 15 is 0 Å². The van der Waals surface area contributed by atoms with Gasteiger partial charge in [-0.15, -0.1) is 0 Å². The monoisotopic (exact) mass is 434 g/mol. The van der Waals surface area contributed by atoms with Crippen LogP contribution >= 0.6 is 0 Å². The topological polar surface area (TPSA) is 63.7 Å².